The highest BCUT2D eigenvalue weighted by Crippen LogP contribution is 2.27. The first-order chi connectivity index (χ1) is 11.8. The third kappa shape index (κ3) is 3.21. The summed E-state index contributed by atoms with van der Waals surface area (Å²) in [6, 6.07) is 8.11. The fraction of sp³-hybridized carbons (Fsp3) is 0.353. The normalized spacial score (nSPS) is 16.5. The molecule has 1 saturated heterocycles. The van der Waals surface area contributed by atoms with Crippen LogP contribution in [-0.4, -0.2) is 38.4 Å². The molecule has 0 amide bonds. The summed E-state index contributed by atoms with van der Waals surface area (Å²) in [4.78, 5) is 2.31. The smallest absolute Gasteiger partial charge is 0.247 e. The van der Waals surface area contributed by atoms with Crippen molar-refractivity contribution in [3.63, 3.8) is 0 Å². The largest absolute Gasteiger partial charge is 0.419 e. The lowest BCUT2D eigenvalue weighted by atomic mass is 9.94. The highest BCUT2D eigenvalue weighted by molar-refractivity contribution is 5.51. The van der Waals surface area contributed by atoms with Crippen molar-refractivity contribution < 1.29 is 8.81 Å². The minimum absolute atomic E-state index is 0.279. The van der Waals surface area contributed by atoms with E-state index in [4.69, 9.17) is 4.42 Å². The molecule has 1 aliphatic heterocycles. The van der Waals surface area contributed by atoms with Gasteiger partial charge in [-0.2, -0.15) is 5.10 Å². The predicted octanol–water partition coefficient (Wildman–Crippen LogP) is 2.98. The summed E-state index contributed by atoms with van der Waals surface area (Å²) in [5, 5.41) is 15.3. The van der Waals surface area contributed by atoms with Crippen LogP contribution in [0.25, 0.3) is 11.5 Å². The molecule has 1 fully saturated rings. The Morgan fingerprint density at radius 2 is 1.92 bits per heavy atom. The van der Waals surface area contributed by atoms with Crippen LogP contribution in [0.4, 0.5) is 4.39 Å². The molecule has 0 atom stereocenters. The van der Waals surface area contributed by atoms with E-state index in [1.807, 2.05) is 6.07 Å². The molecule has 7 heteroatoms. The number of H-pyrrole nitrogens is 1. The number of hydrogen-bond acceptors (Lipinski definition) is 5. The van der Waals surface area contributed by atoms with Crippen LogP contribution in [0.3, 0.4) is 0 Å². The maximum atomic E-state index is 13.0. The summed E-state index contributed by atoms with van der Waals surface area (Å²) in [5.41, 5.74) is 1.94. The van der Waals surface area contributed by atoms with Gasteiger partial charge in [-0.3, -0.25) is 10.00 Å². The quantitative estimate of drug-likeness (QED) is 0.798. The highest BCUT2D eigenvalue weighted by Gasteiger charge is 2.23. The van der Waals surface area contributed by atoms with Gasteiger partial charge in [-0.1, -0.05) is 0 Å². The summed E-state index contributed by atoms with van der Waals surface area (Å²) >= 11 is 0. The molecule has 0 saturated carbocycles. The predicted molar refractivity (Wildman–Crippen MR) is 85.5 cm³/mol. The highest BCUT2D eigenvalue weighted by atomic mass is 19.1. The molecule has 1 N–H and O–H groups in total. The monoisotopic (exact) mass is 327 g/mol. The fourth-order valence-corrected chi connectivity index (χ4v) is 3.11. The van der Waals surface area contributed by atoms with Crippen LogP contribution in [-0.2, 0) is 6.54 Å². The SMILES string of the molecule is Fc1ccc(-c2nnc(CN3CCC(c4ccn[nH]4)CC3)o2)cc1. The lowest BCUT2D eigenvalue weighted by Crippen LogP contribution is -2.32. The van der Waals surface area contributed by atoms with Crippen molar-refractivity contribution in [2.75, 3.05) is 13.1 Å². The first-order valence-electron chi connectivity index (χ1n) is 8.08. The molecule has 0 radical (unpaired) electrons. The summed E-state index contributed by atoms with van der Waals surface area (Å²) in [5.74, 6) is 1.28. The number of halogens is 1. The summed E-state index contributed by atoms with van der Waals surface area (Å²) in [6.07, 6.45) is 3.97. The molecule has 1 aliphatic rings. The molecular weight excluding hydrogens is 309 g/mol. The molecule has 0 aliphatic carbocycles. The molecule has 6 nitrogen and oxygen atoms in total. The van der Waals surface area contributed by atoms with Crippen LogP contribution in [0.5, 0.6) is 0 Å². The summed E-state index contributed by atoms with van der Waals surface area (Å²) in [6.45, 7) is 2.61. The van der Waals surface area contributed by atoms with Crippen LogP contribution in [0.15, 0.2) is 40.9 Å². The molecule has 24 heavy (non-hydrogen) atoms. The Morgan fingerprint density at radius 3 is 2.62 bits per heavy atom. The molecule has 3 heterocycles. The van der Waals surface area contributed by atoms with Gasteiger partial charge in [0.2, 0.25) is 11.8 Å². The minimum atomic E-state index is -0.279. The van der Waals surface area contributed by atoms with Gasteiger partial charge in [0, 0.05) is 23.4 Å². The first-order valence-corrected chi connectivity index (χ1v) is 8.08. The van der Waals surface area contributed by atoms with Crippen LogP contribution in [0.1, 0.15) is 30.3 Å². The lowest BCUT2D eigenvalue weighted by Gasteiger charge is -2.30. The van der Waals surface area contributed by atoms with E-state index >= 15 is 0 Å². The van der Waals surface area contributed by atoms with Crippen molar-refractivity contribution in [1.29, 1.82) is 0 Å². The van der Waals surface area contributed by atoms with Crippen LogP contribution in [0.2, 0.25) is 0 Å². The van der Waals surface area contributed by atoms with E-state index in [-0.39, 0.29) is 5.82 Å². The lowest BCUT2D eigenvalue weighted by molar-refractivity contribution is 0.187. The molecule has 3 aromatic rings. The molecule has 0 unspecified atom stereocenters. The number of aromatic amines is 1. The van der Waals surface area contributed by atoms with E-state index in [9.17, 15) is 4.39 Å². The third-order valence-corrected chi connectivity index (χ3v) is 4.47. The molecule has 124 valence electrons. The van der Waals surface area contributed by atoms with Crippen molar-refractivity contribution in [3.8, 4) is 11.5 Å². The molecule has 2 aromatic heterocycles. The number of piperidine rings is 1. The van der Waals surface area contributed by atoms with E-state index in [0.29, 0.717) is 24.2 Å². The Morgan fingerprint density at radius 1 is 1.12 bits per heavy atom. The number of hydrogen-bond donors (Lipinski definition) is 1. The number of rotatable bonds is 4. The van der Waals surface area contributed by atoms with Gasteiger partial charge in [0.1, 0.15) is 5.82 Å². The molecule has 1 aromatic carbocycles. The summed E-state index contributed by atoms with van der Waals surface area (Å²) < 4.78 is 18.7. The van der Waals surface area contributed by atoms with E-state index in [0.717, 1.165) is 31.5 Å². The second kappa shape index (κ2) is 6.52. The Labute approximate surface area is 138 Å². The van der Waals surface area contributed by atoms with Gasteiger partial charge >= 0.3 is 0 Å². The number of likely N-dealkylation sites (tertiary alicyclic amines) is 1. The van der Waals surface area contributed by atoms with Gasteiger partial charge < -0.3 is 4.42 Å². The number of nitrogens with one attached hydrogen (secondary N) is 1. The zero-order valence-corrected chi connectivity index (χ0v) is 13.2. The third-order valence-electron chi connectivity index (χ3n) is 4.47. The minimum Gasteiger partial charge on any atom is -0.419 e. The van der Waals surface area contributed by atoms with Crippen LogP contribution >= 0.6 is 0 Å². The molecule has 0 spiro atoms. The number of aromatic nitrogens is 4. The van der Waals surface area contributed by atoms with Crippen molar-refractivity contribution in [2.45, 2.75) is 25.3 Å². The maximum Gasteiger partial charge on any atom is 0.247 e. The van der Waals surface area contributed by atoms with Crippen LogP contribution in [0, 0.1) is 5.82 Å². The second-order valence-electron chi connectivity index (χ2n) is 6.07. The van der Waals surface area contributed by atoms with E-state index in [1.165, 1.54) is 17.8 Å². The average molecular weight is 327 g/mol. The maximum absolute atomic E-state index is 13.0. The topological polar surface area (TPSA) is 70.8 Å². The van der Waals surface area contributed by atoms with Crippen molar-refractivity contribution in [1.82, 2.24) is 25.3 Å². The van der Waals surface area contributed by atoms with Gasteiger partial charge in [0.05, 0.1) is 6.54 Å². The molecule has 0 bridgehead atoms. The van der Waals surface area contributed by atoms with Crippen molar-refractivity contribution in [2.24, 2.45) is 0 Å². The van der Waals surface area contributed by atoms with Gasteiger partial charge in [-0.15, -0.1) is 10.2 Å². The first kappa shape index (κ1) is 15.0. The van der Waals surface area contributed by atoms with Crippen molar-refractivity contribution >= 4 is 0 Å². The molecule has 4 rings (SSSR count). The zero-order chi connectivity index (χ0) is 16.4. The fourth-order valence-electron chi connectivity index (χ4n) is 3.11. The molecular formula is C17H18FN5O. The number of benzene rings is 1. The van der Waals surface area contributed by atoms with Crippen molar-refractivity contribution in [3.05, 3.63) is 53.9 Å². The van der Waals surface area contributed by atoms with Gasteiger partial charge in [0.25, 0.3) is 0 Å². The van der Waals surface area contributed by atoms with E-state index in [1.54, 1.807) is 18.3 Å². The zero-order valence-electron chi connectivity index (χ0n) is 13.2. The van der Waals surface area contributed by atoms with Gasteiger partial charge in [-0.25, -0.2) is 4.39 Å². The summed E-state index contributed by atoms with van der Waals surface area (Å²) in [7, 11) is 0. The Hall–Kier alpha value is -2.54. The van der Waals surface area contributed by atoms with Gasteiger partial charge in [0.15, 0.2) is 0 Å². The second-order valence-corrected chi connectivity index (χ2v) is 6.07. The Balaban J connectivity index is 1.36. The standard InChI is InChI=1S/C17H18FN5O/c18-14-3-1-13(2-4-14)17-22-21-16(24-17)11-23-9-6-12(7-10-23)15-5-8-19-20-15/h1-5,8,12H,6-7,9-11H2,(H,19,20). The van der Waals surface area contributed by atoms with Crippen LogP contribution < -0.4 is 0 Å². The Kier molecular flexibility index (Phi) is 4.08. The van der Waals surface area contributed by atoms with Gasteiger partial charge in [-0.05, 0) is 56.3 Å². The van der Waals surface area contributed by atoms with E-state index < -0.39 is 0 Å². The van der Waals surface area contributed by atoms with E-state index in [2.05, 4.69) is 25.3 Å². The number of nitrogens with zero attached hydrogens (tertiary/aromatic N) is 4. The Bertz CT molecular complexity index is 776. The average Bonchev–Trinajstić information content (AvgIpc) is 3.28.